The van der Waals surface area contributed by atoms with Gasteiger partial charge in [0, 0.05) is 60.8 Å². The van der Waals surface area contributed by atoms with Crippen LogP contribution < -0.4 is 10.6 Å². The van der Waals surface area contributed by atoms with Crippen LogP contribution in [-0.4, -0.2) is 63.9 Å². The SMILES string of the molecule is CC1COCCC1c1ccc2c(-c3nc(N[C@H]4CCCNC4)ncc3C(F)(F)F)c[nH]c2n1.O=CO. The zero-order valence-electron chi connectivity index (χ0n) is 19.8. The van der Waals surface area contributed by atoms with Gasteiger partial charge >= 0.3 is 6.18 Å². The van der Waals surface area contributed by atoms with Gasteiger partial charge in [-0.2, -0.15) is 13.2 Å². The summed E-state index contributed by atoms with van der Waals surface area (Å²) < 4.78 is 47.0. The standard InChI is InChI=1S/C23H27F3N6O.CH2O2/c1-13-12-33-8-6-15(13)19-5-4-16-17(10-28-21(16)31-19)20-18(23(24,25)26)11-29-22(32-20)30-14-3-2-7-27-9-14;2-1-3/h4-5,10-11,13-15,27H,2-3,6-9,12H2,1H3,(H,28,31)(H,29,30,32);1H,(H,2,3)/t13?,14-,15?;/m0./s1. The van der Waals surface area contributed by atoms with Crippen molar-refractivity contribution in [2.75, 3.05) is 31.6 Å². The summed E-state index contributed by atoms with van der Waals surface area (Å²) in [7, 11) is 0. The highest BCUT2D eigenvalue weighted by Crippen LogP contribution is 2.39. The van der Waals surface area contributed by atoms with Gasteiger partial charge in [0.25, 0.3) is 6.47 Å². The van der Waals surface area contributed by atoms with E-state index in [4.69, 9.17) is 19.6 Å². The third kappa shape index (κ3) is 5.76. The van der Waals surface area contributed by atoms with Crippen LogP contribution in [0.2, 0.25) is 0 Å². The average Bonchev–Trinajstić information content (AvgIpc) is 3.28. The minimum absolute atomic E-state index is 0.0805. The maximum atomic E-state index is 13.8. The number of carbonyl (C=O) groups is 1. The second-order valence-corrected chi connectivity index (χ2v) is 9.03. The fraction of sp³-hybridized carbons (Fsp3) is 0.500. The number of hydrogen-bond acceptors (Lipinski definition) is 7. The Labute approximate surface area is 205 Å². The lowest BCUT2D eigenvalue weighted by atomic mass is 9.86. The highest BCUT2D eigenvalue weighted by atomic mass is 19.4. The molecule has 5 heterocycles. The lowest BCUT2D eigenvalue weighted by Gasteiger charge is -2.28. The molecule has 2 saturated heterocycles. The number of halogens is 3. The number of aromatic amines is 1. The molecule has 3 aromatic rings. The molecule has 0 amide bonds. The van der Waals surface area contributed by atoms with E-state index in [9.17, 15) is 13.2 Å². The van der Waals surface area contributed by atoms with E-state index < -0.39 is 11.7 Å². The fourth-order valence-corrected chi connectivity index (χ4v) is 4.76. The van der Waals surface area contributed by atoms with Crippen LogP contribution in [0.5, 0.6) is 0 Å². The second kappa shape index (κ2) is 11.2. The van der Waals surface area contributed by atoms with Crippen LogP contribution in [0, 0.1) is 5.92 Å². The monoisotopic (exact) mass is 506 g/mol. The van der Waals surface area contributed by atoms with Crippen molar-refractivity contribution in [1.82, 2.24) is 25.3 Å². The summed E-state index contributed by atoms with van der Waals surface area (Å²) in [6.07, 6.45) is 0.630. The van der Waals surface area contributed by atoms with Crippen molar-refractivity contribution in [3.05, 3.63) is 35.8 Å². The number of pyridine rings is 1. The number of H-pyrrole nitrogens is 1. The first-order valence-electron chi connectivity index (χ1n) is 11.9. The Kier molecular flexibility index (Phi) is 8.04. The van der Waals surface area contributed by atoms with Crippen LogP contribution >= 0.6 is 0 Å². The lowest BCUT2D eigenvalue weighted by molar-refractivity contribution is -0.137. The summed E-state index contributed by atoms with van der Waals surface area (Å²) in [4.78, 5) is 24.4. The van der Waals surface area contributed by atoms with Gasteiger partial charge in [0.1, 0.15) is 11.2 Å². The highest BCUT2D eigenvalue weighted by molar-refractivity contribution is 5.93. The molecule has 12 heteroatoms. The van der Waals surface area contributed by atoms with Crippen LogP contribution in [0.4, 0.5) is 19.1 Å². The fourth-order valence-electron chi connectivity index (χ4n) is 4.76. The minimum Gasteiger partial charge on any atom is -0.483 e. The van der Waals surface area contributed by atoms with Crippen LogP contribution in [0.15, 0.2) is 24.5 Å². The van der Waals surface area contributed by atoms with E-state index in [0.29, 0.717) is 35.7 Å². The van der Waals surface area contributed by atoms with Gasteiger partial charge in [-0.1, -0.05) is 6.92 Å². The summed E-state index contributed by atoms with van der Waals surface area (Å²) in [6, 6.07) is 3.83. The van der Waals surface area contributed by atoms with Gasteiger partial charge in [0.15, 0.2) is 0 Å². The summed E-state index contributed by atoms with van der Waals surface area (Å²) in [5.41, 5.74) is 0.835. The number of rotatable bonds is 4. The van der Waals surface area contributed by atoms with E-state index in [0.717, 1.165) is 44.2 Å². The van der Waals surface area contributed by atoms with Gasteiger partial charge in [0.2, 0.25) is 5.95 Å². The Bertz CT molecular complexity index is 1180. The van der Waals surface area contributed by atoms with Crippen LogP contribution in [0.1, 0.15) is 43.4 Å². The van der Waals surface area contributed by atoms with Crippen molar-refractivity contribution < 1.29 is 27.8 Å². The molecular formula is C24H29F3N6O3. The number of hydrogen-bond donors (Lipinski definition) is 4. The number of piperidine rings is 1. The van der Waals surface area contributed by atoms with Crippen LogP contribution in [0.3, 0.4) is 0 Å². The van der Waals surface area contributed by atoms with E-state index in [1.165, 1.54) is 0 Å². The molecule has 2 unspecified atom stereocenters. The van der Waals surface area contributed by atoms with Crippen molar-refractivity contribution in [3.8, 4) is 11.3 Å². The largest absolute Gasteiger partial charge is 0.483 e. The maximum Gasteiger partial charge on any atom is 0.419 e. The third-order valence-corrected chi connectivity index (χ3v) is 6.56. The molecule has 2 fully saturated rings. The van der Waals surface area contributed by atoms with Crippen molar-refractivity contribution in [2.45, 2.75) is 44.3 Å². The van der Waals surface area contributed by atoms with E-state index >= 15 is 0 Å². The number of aromatic nitrogens is 4. The molecule has 0 spiro atoms. The summed E-state index contributed by atoms with van der Waals surface area (Å²) in [5.74, 6) is 0.793. The molecule has 4 N–H and O–H groups in total. The van der Waals surface area contributed by atoms with Crippen molar-refractivity contribution >= 4 is 23.5 Å². The Morgan fingerprint density at radius 1 is 1.25 bits per heavy atom. The number of nitrogens with one attached hydrogen (secondary N) is 3. The number of fused-ring (bicyclic) bond motifs is 1. The molecule has 194 valence electrons. The smallest absolute Gasteiger partial charge is 0.419 e. The van der Waals surface area contributed by atoms with Crippen LogP contribution in [0.25, 0.3) is 22.3 Å². The summed E-state index contributed by atoms with van der Waals surface area (Å²) in [5, 5.41) is 13.9. The molecule has 0 saturated carbocycles. The Hall–Kier alpha value is -3.25. The molecule has 36 heavy (non-hydrogen) atoms. The number of anilines is 1. The normalized spacial score (nSPS) is 22.5. The van der Waals surface area contributed by atoms with E-state index in [1.54, 1.807) is 6.20 Å². The molecule has 0 radical (unpaired) electrons. The van der Waals surface area contributed by atoms with Crippen molar-refractivity contribution in [2.24, 2.45) is 5.92 Å². The second-order valence-electron chi connectivity index (χ2n) is 9.03. The third-order valence-electron chi connectivity index (χ3n) is 6.56. The van der Waals surface area contributed by atoms with Gasteiger partial charge in [-0.15, -0.1) is 0 Å². The predicted octanol–water partition coefficient (Wildman–Crippen LogP) is 4.04. The molecular weight excluding hydrogens is 477 g/mol. The number of nitrogens with zero attached hydrogens (tertiary/aromatic N) is 3. The first-order chi connectivity index (χ1) is 17.3. The molecule has 2 aliphatic heterocycles. The molecule has 5 rings (SSSR count). The van der Waals surface area contributed by atoms with Gasteiger partial charge in [0.05, 0.1) is 5.69 Å². The Morgan fingerprint density at radius 2 is 2.06 bits per heavy atom. The molecule has 0 bridgehead atoms. The molecule has 9 nitrogen and oxygen atoms in total. The van der Waals surface area contributed by atoms with Crippen LogP contribution in [-0.2, 0) is 15.7 Å². The number of carboxylic acid groups (broad SMARTS) is 1. The van der Waals surface area contributed by atoms with Gasteiger partial charge in [-0.05, 0) is 43.9 Å². The zero-order valence-corrected chi connectivity index (χ0v) is 19.8. The van der Waals surface area contributed by atoms with E-state index in [2.05, 4.69) is 32.5 Å². The van der Waals surface area contributed by atoms with Gasteiger partial charge < -0.3 is 25.5 Å². The topological polar surface area (TPSA) is 125 Å². The van der Waals surface area contributed by atoms with Crippen molar-refractivity contribution in [1.29, 1.82) is 0 Å². The van der Waals surface area contributed by atoms with E-state index in [-0.39, 0.29) is 30.1 Å². The molecule has 0 aliphatic carbocycles. The first kappa shape index (κ1) is 25.8. The lowest BCUT2D eigenvalue weighted by Crippen LogP contribution is -2.38. The van der Waals surface area contributed by atoms with E-state index in [1.807, 2.05) is 12.1 Å². The van der Waals surface area contributed by atoms with Gasteiger partial charge in [-0.25, -0.2) is 15.0 Å². The molecule has 0 aromatic carbocycles. The molecule has 3 aromatic heterocycles. The quantitative estimate of drug-likeness (QED) is 0.391. The summed E-state index contributed by atoms with van der Waals surface area (Å²) >= 11 is 0. The number of ether oxygens (including phenoxy) is 1. The average molecular weight is 507 g/mol. The van der Waals surface area contributed by atoms with Crippen molar-refractivity contribution in [3.63, 3.8) is 0 Å². The highest BCUT2D eigenvalue weighted by Gasteiger charge is 2.36. The zero-order chi connectivity index (χ0) is 25.7. The predicted molar refractivity (Wildman–Crippen MR) is 128 cm³/mol. The molecule has 3 atom stereocenters. The number of alkyl halides is 3. The first-order valence-corrected chi connectivity index (χ1v) is 11.9. The Morgan fingerprint density at radius 3 is 2.75 bits per heavy atom. The minimum atomic E-state index is -4.57. The van der Waals surface area contributed by atoms with Gasteiger partial charge in [-0.3, -0.25) is 4.79 Å². The summed E-state index contributed by atoms with van der Waals surface area (Å²) in [6.45, 7) is 4.91. The maximum absolute atomic E-state index is 13.8. The molecule has 2 aliphatic rings. The Balaban J connectivity index is 0.000000967.